The summed E-state index contributed by atoms with van der Waals surface area (Å²) < 4.78 is 57.5. The number of aliphatic imine (C=N–C) groups is 1. The van der Waals surface area contributed by atoms with E-state index in [9.17, 15) is 22.7 Å². The van der Waals surface area contributed by atoms with Crippen LogP contribution in [0.4, 0.5) is 25.0 Å². The Balaban J connectivity index is 2.02. The van der Waals surface area contributed by atoms with Crippen molar-refractivity contribution in [2.75, 3.05) is 10.2 Å². The summed E-state index contributed by atoms with van der Waals surface area (Å²) in [7, 11) is -3.92. The van der Waals surface area contributed by atoms with Crippen molar-refractivity contribution in [1.29, 1.82) is 0 Å². The summed E-state index contributed by atoms with van der Waals surface area (Å²) in [4.78, 5) is 17.7. The summed E-state index contributed by atoms with van der Waals surface area (Å²) >= 11 is 6.37. The maximum atomic E-state index is 15.3. The zero-order valence-corrected chi connectivity index (χ0v) is 21.4. The molecule has 0 aliphatic carbocycles. The van der Waals surface area contributed by atoms with E-state index in [1.165, 1.54) is 17.5 Å². The predicted molar refractivity (Wildman–Crippen MR) is 133 cm³/mol. The van der Waals surface area contributed by atoms with Crippen LogP contribution in [0, 0.1) is 11.6 Å². The molecule has 0 spiro atoms. The van der Waals surface area contributed by atoms with Gasteiger partial charge in [-0.2, -0.15) is 8.42 Å². The van der Waals surface area contributed by atoms with Crippen molar-refractivity contribution in [3.63, 3.8) is 0 Å². The maximum Gasteiger partial charge on any atom is 0.420 e. The van der Waals surface area contributed by atoms with Gasteiger partial charge in [0.15, 0.2) is 5.82 Å². The molecule has 3 rings (SSSR count). The van der Waals surface area contributed by atoms with Crippen molar-refractivity contribution in [2.45, 2.75) is 39.3 Å². The van der Waals surface area contributed by atoms with E-state index in [2.05, 4.69) is 10.3 Å². The largest absolute Gasteiger partial charge is 0.508 e. The van der Waals surface area contributed by atoms with Crippen molar-refractivity contribution >= 4 is 53.3 Å². The molecular formula is C22H22ClF2N3O5S2. The molecule has 2 N–H and O–H groups in total. The highest BCUT2D eigenvalue weighted by Crippen LogP contribution is 2.36. The van der Waals surface area contributed by atoms with Crippen molar-refractivity contribution in [2.24, 2.45) is 4.99 Å². The first-order chi connectivity index (χ1) is 16.3. The second-order valence-corrected chi connectivity index (χ2v) is 12.3. The molecule has 0 saturated carbocycles. The smallest absolute Gasteiger partial charge is 0.420 e. The monoisotopic (exact) mass is 545 g/mol. The average Bonchev–Trinajstić information content (AvgIpc) is 3.22. The lowest BCUT2D eigenvalue weighted by molar-refractivity contribution is 0.0591. The number of halogens is 3. The number of carbonyl (C=O) groups is 1. The SMILES string of the molecule is CC(Nc1cc(F)c(N(C(=O)OC(C)(C)C)C2=C[S@](=S(=O)=O)C=N2)cc1Cl)c1cc(O)ccc1F. The molecule has 35 heavy (non-hydrogen) atoms. The molecule has 1 heterocycles. The summed E-state index contributed by atoms with van der Waals surface area (Å²) in [6.45, 7) is 6.44. The fraction of sp³-hybridized carbons (Fsp3) is 0.273. The number of hydrogen-bond acceptors (Lipinski definition) is 7. The number of aromatic hydroxyl groups is 1. The lowest BCUT2D eigenvalue weighted by Gasteiger charge is -2.27. The molecule has 0 fully saturated rings. The lowest BCUT2D eigenvalue weighted by Crippen LogP contribution is -2.36. The highest BCUT2D eigenvalue weighted by molar-refractivity contribution is 8.42. The molecule has 1 amide bonds. The molecule has 0 radical (unpaired) electrons. The van der Waals surface area contributed by atoms with Crippen molar-refractivity contribution in [3.8, 4) is 5.75 Å². The molecule has 2 atom stereocenters. The van der Waals surface area contributed by atoms with E-state index in [-0.39, 0.29) is 33.5 Å². The second-order valence-electron chi connectivity index (χ2n) is 8.41. The number of carbonyl (C=O) groups excluding carboxylic acids is 1. The van der Waals surface area contributed by atoms with Gasteiger partial charge in [-0.05, 0) is 52.0 Å². The normalized spacial score (nSPS) is 16.0. The third-order valence-corrected chi connectivity index (χ3v) is 7.44. The van der Waals surface area contributed by atoms with Crippen LogP contribution in [0.25, 0.3) is 0 Å². The summed E-state index contributed by atoms with van der Waals surface area (Å²) in [6.07, 6.45) is -0.992. The third-order valence-electron chi connectivity index (χ3n) is 4.57. The van der Waals surface area contributed by atoms with Gasteiger partial charge in [0.1, 0.15) is 23.0 Å². The van der Waals surface area contributed by atoms with Gasteiger partial charge < -0.3 is 15.2 Å². The average molecular weight is 546 g/mol. The van der Waals surface area contributed by atoms with E-state index in [0.717, 1.165) is 28.6 Å². The highest BCUT2D eigenvalue weighted by Gasteiger charge is 2.31. The summed E-state index contributed by atoms with van der Waals surface area (Å²) in [5.74, 6) is -1.77. The van der Waals surface area contributed by atoms with Gasteiger partial charge in [-0.15, -0.1) is 0 Å². The number of benzene rings is 2. The van der Waals surface area contributed by atoms with Crippen molar-refractivity contribution in [1.82, 2.24) is 0 Å². The van der Waals surface area contributed by atoms with Gasteiger partial charge in [0.25, 0.3) is 0 Å². The van der Waals surface area contributed by atoms with Gasteiger partial charge in [0.05, 0.1) is 28.0 Å². The number of ether oxygens (including phenoxy) is 1. The zero-order valence-electron chi connectivity index (χ0n) is 19.0. The van der Waals surface area contributed by atoms with Gasteiger partial charge in [-0.25, -0.2) is 23.5 Å². The van der Waals surface area contributed by atoms with Crippen molar-refractivity contribution in [3.05, 3.63) is 63.8 Å². The molecule has 2 aromatic carbocycles. The first kappa shape index (κ1) is 26.6. The van der Waals surface area contributed by atoms with Gasteiger partial charge in [0.2, 0.25) is 9.26 Å². The van der Waals surface area contributed by atoms with E-state index in [0.29, 0.717) is 0 Å². The fourth-order valence-electron chi connectivity index (χ4n) is 3.07. The number of phenolic OH excluding ortho intramolecular Hbond substituents is 1. The van der Waals surface area contributed by atoms with E-state index < -0.39 is 48.1 Å². The number of phenols is 1. The molecule has 1 aliphatic heterocycles. The van der Waals surface area contributed by atoms with Crippen LogP contribution >= 0.6 is 11.6 Å². The number of amides is 1. The Morgan fingerprint density at radius 3 is 2.51 bits per heavy atom. The Bertz CT molecular complexity index is 1380. The standard InChI is InChI=1S/C22H22ClF2N3O5S2/c1-12(14-7-13(29)5-6-16(14)24)27-18-9-17(25)19(8-15(18)23)28(21(30)33-22(2,3)4)20-10-34(11-26-20)35(31)32/h5-12,27,29H,1-4H3/t12?,34-/m0/s1. The summed E-state index contributed by atoms with van der Waals surface area (Å²) in [6, 6.07) is 4.99. The molecule has 13 heteroatoms. The molecule has 0 bridgehead atoms. The predicted octanol–water partition coefficient (Wildman–Crippen LogP) is 5.49. The topological polar surface area (TPSA) is 108 Å². The summed E-state index contributed by atoms with van der Waals surface area (Å²) in [5, 5.41) is 13.7. The minimum absolute atomic E-state index is 0.0173. The van der Waals surface area contributed by atoms with E-state index in [1.807, 2.05) is 0 Å². The van der Waals surface area contributed by atoms with Crippen LogP contribution < -0.4 is 10.2 Å². The quantitative estimate of drug-likeness (QED) is 0.514. The van der Waals surface area contributed by atoms with Crippen LogP contribution in [0.15, 0.2) is 46.6 Å². The lowest BCUT2D eigenvalue weighted by atomic mass is 10.1. The molecule has 1 unspecified atom stereocenters. The number of nitrogens with one attached hydrogen (secondary N) is 1. The fourth-order valence-corrected chi connectivity index (χ4v) is 4.91. The van der Waals surface area contributed by atoms with Crippen LogP contribution in [0.3, 0.4) is 0 Å². The van der Waals surface area contributed by atoms with Crippen LogP contribution in [0.2, 0.25) is 5.02 Å². The molecule has 8 nitrogen and oxygen atoms in total. The van der Waals surface area contributed by atoms with Crippen LogP contribution in [-0.2, 0) is 23.5 Å². The zero-order chi connectivity index (χ0) is 26.1. The second kappa shape index (κ2) is 10.3. The van der Waals surface area contributed by atoms with Crippen LogP contribution in [0.1, 0.15) is 39.3 Å². The Labute approximate surface area is 209 Å². The van der Waals surface area contributed by atoms with E-state index >= 15 is 4.39 Å². The van der Waals surface area contributed by atoms with Gasteiger partial charge in [-0.1, -0.05) is 11.6 Å². The summed E-state index contributed by atoms with van der Waals surface area (Å²) in [5.41, 5.74) is 0.0812. The first-order valence-corrected chi connectivity index (χ1v) is 13.4. The first-order valence-electron chi connectivity index (χ1n) is 10.1. The molecule has 1 aliphatic rings. The van der Waals surface area contributed by atoms with Crippen LogP contribution in [0.5, 0.6) is 5.75 Å². The molecule has 0 saturated heterocycles. The van der Waals surface area contributed by atoms with Crippen LogP contribution in [-0.4, -0.2) is 30.8 Å². The molecule has 188 valence electrons. The number of hydrogen-bond donors (Lipinski definition) is 2. The van der Waals surface area contributed by atoms with Gasteiger partial charge in [-0.3, -0.25) is 0 Å². The Hall–Kier alpha value is -2.96. The van der Waals surface area contributed by atoms with Gasteiger partial charge in [0, 0.05) is 26.5 Å². The Morgan fingerprint density at radius 1 is 1.23 bits per heavy atom. The number of rotatable bonds is 5. The molecular weight excluding hydrogens is 524 g/mol. The molecule has 2 aromatic rings. The maximum absolute atomic E-state index is 15.3. The third kappa shape index (κ3) is 6.38. The Morgan fingerprint density at radius 2 is 1.91 bits per heavy atom. The van der Waals surface area contributed by atoms with Gasteiger partial charge >= 0.3 is 6.09 Å². The minimum atomic E-state index is -2.51. The minimum Gasteiger partial charge on any atom is -0.508 e. The Kier molecular flexibility index (Phi) is 7.87. The molecule has 0 aromatic heterocycles. The number of anilines is 2. The van der Waals surface area contributed by atoms with E-state index in [4.69, 9.17) is 16.3 Å². The highest BCUT2D eigenvalue weighted by atomic mass is 35.5. The van der Waals surface area contributed by atoms with E-state index in [1.54, 1.807) is 27.7 Å². The van der Waals surface area contributed by atoms with Crippen molar-refractivity contribution < 1.29 is 31.8 Å². The number of nitrogens with zero attached hydrogens (tertiary/aromatic N) is 2.